The van der Waals surface area contributed by atoms with Gasteiger partial charge in [-0.05, 0) is 12.1 Å². The van der Waals surface area contributed by atoms with Gasteiger partial charge in [-0.1, -0.05) is 18.2 Å². The molecule has 2 rings (SSSR count). The van der Waals surface area contributed by atoms with E-state index in [0.717, 1.165) is 0 Å². The van der Waals surface area contributed by atoms with Crippen LogP contribution in [0.3, 0.4) is 0 Å². The molecule has 2 N–H and O–H groups in total. The van der Waals surface area contributed by atoms with Crippen LogP contribution in [0.4, 0.5) is 0 Å². The van der Waals surface area contributed by atoms with Crippen LogP contribution >= 0.6 is 0 Å². The Balaban J connectivity index is 2.15. The van der Waals surface area contributed by atoms with Gasteiger partial charge in [-0.2, -0.15) is 0 Å². The topological polar surface area (TPSA) is 75.2 Å². The third-order valence-corrected chi connectivity index (χ3v) is 1.74. The summed E-state index contributed by atoms with van der Waals surface area (Å²) < 4.78 is 5.28. The number of carboxylic acids is 1. The SMILES string of the molecule is O=C(O)c1cnc(Oc2ccccc2)[nH]1. The standard InChI is InChI=1S/C10H8N2O3/c13-9(14)8-6-11-10(12-8)15-7-4-2-1-3-5-7/h1-6H,(H,11,12)(H,13,14). The van der Waals surface area contributed by atoms with Crippen molar-refractivity contribution in [3.8, 4) is 11.8 Å². The zero-order valence-electron chi connectivity index (χ0n) is 7.68. The molecule has 0 radical (unpaired) electrons. The highest BCUT2D eigenvalue weighted by Crippen LogP contribution is 2.16. The van der Waals surface area contributed by atoms with Gasteiger partial charge in [0.1, 0.15) is 11.4 Å². The van der Waals surface area contributed by atoms with Crippen LogP contribution in [0.25, 0.3) is 0 Å². The lowest BCUT2D eigenvalue weighted by Gasteiger charge is -1.99. The van der Waals surface area contributed by atoms with E-state index in [9.17, 15) is 4.79 Å². The Morgan fingerprint density at radius 3 is 2.67 bits per heavy atom. The molecule has 5 nitrogen and oxygen atoms in total. The third kappa shape index (κ3) is 2.14. The third-order valence-electron chi connectivity index (χ3n) is 1.74. The molecule has 0 fully saturated rings. The minimum absolute atomic E-state index is 0.000862. The first-order chi connectivity index (χ1) is 7.25. The normalized spacial score (nSPS) is 9.87. The van der Waals surface area contributed by atoms with Crippen LogP contribution in [0, 0.1) is 0 Å². The number of ether oxygens (including phenoxy) is 1. The number of carboxylic acid groups (broad SMARTS) is 1. The van der Waals surface area contributed by atoms with Gasteiger partial charge in [0.25, 0.3) is 6.01 Å². The molecule has 0 amide bonds. The number of nitrogens with one attached hydrogen (secondary N) is 1. The first-order valence-corrected chi connectivity index (χ1v) is 4.27. The number of aromatic carboxylic acids is 1. The molecular weight excluding hydrogens is 196 g/mol. The molecule has 0 aliphatic heterocycles. The van der Waals surface area contributed by atoms with Crippen LogP contribution in [0.15, 0.2) is 36.5 Å². The second-order valence-corrected chi connectivity index (χ2v) is 2.82. The Morgan fingerprint density at radius 1 is 1.33 bits per heavy atom. The molecule has 0 aliphatic rings. The van der Waals surface area contributed by atoms with Gasteiger partial charge in [0.2, 0.25) is 0 Å². The summed E-state index contributed by atoms with van der Waals surface area (Å²) >= 11 is 0. The average molecular weight is 204 g/mol. The van der Waals surface area contributed by atoms with Crippen molar-refractivity contribution < 1.29 is 14.6 Å². The van der Waals surface area contributed by atoms with Crippen LogP contribution in [0.2, 0.25) is 0 Å². The Morgan fingerprint density at radius 2 is 2.07 bits per heavy atom. The molecule has 0 unspecified atom stereocenters. The van der Waals surface area contributed by atoms with Gasteiger partial charge in [0.15, 0.2) is 0 Å². The van der Waals surface area contributed by atoms with E-state index in [0.29, 0.717) is 5.75 Å². The molecule has 15 heavy (non-hydrogen) atoms. The molecule has 76 valence electrons. The zero-order valence-corrected chi connectivity index (χ0v) is 7.68. The van der Waals surface area contributed by atoms with E-state index < -0.39 is 5.97 Å². The molecule has 1 aromatic heterocycles. The summed E-state index contributed by atoms with van der Waals surface area (Å²) in [4.78, 5) is 16.8. The average Bonchev–Trinajstić information content (AvgIpc) is 2.68. The number of rotatable bonds is 3. The summed E-state index contributed by atoms with van der Waals surface area (Å²) in [6.45, 7) is 0. The lowest BCUT2D eigenvalue weighted by molar-refractivity contribution is 0.0690. The van der Waals surface area contributed by atoms with E-state index in [1.54, 1.807) is 12.1 Å². The summed E-state index contributed by atoms with van der Waals surface area (Å²) in [5.74, 6) is -0.464. The number of H-pyrrole nitrogens is 1. The number of aromatic nitrogens is 2. The maximum atomic E-state index is 10.5. The molecule has 1 aromatic carbocycles. The van der Waals surface area contributed by atoms with E-state index in [1.807, 2.05) is 18.2 Å². The maximum absolute atomic E-state index is 10.5. The van der Waals surface area contributed by atoms with Gasteiger partial charge in [-0.3, -0.25) is 0 Å². The monoisotopic (exact) mass is 204 g/mol. The van der Waals surface area contributed by atoms with E-state index in [4.69, 9.17) is 9.84 Å². The zero-order chi connectivity index (χ0) is 10.7. The van der Waals surface area contributed by atoms with Crippen molar-refractivity contribution in [2.75, 3.05) is 0 Å². The fourth-order valence-corrected chi connectivity index (χ4v) is 1.06. The van der Waals surface area contributed by atoms with E-state index in [2.05, 4.69) is 9.97 Å². The molecular formula is C10H8N2O3. The summed E-state index contributed by atoms with van der Waals surface area (Å²) in [6.07, 6.45) is 1.21. The Labute approximate surface area is 85.4 Å². The number of hydrogen-bond acceptors (Lipinski definition) is 3. The highest BCUT2D eigenvalue weighted by molar-refractivity contribution is 5.85. The van der Waals surface area contributed by atoms with E-state index in [-0.39, 0.29) is 11.7 Å². The van der Waals surface area contributed by atoms with Crippen molar-refractivity contribution in [3.63, 3.8) is 0 Å². The van der Waals surface area contributed by atoms with Gasteiger partial charge < -0.3 is 14.8 Å². The minimum Gasteiger partial charge on any atom is -0.477 e. The summed E-state index contributed by atoms with van der Waals surface area (Å²) in [7, 11) is 0. The lowest BCUT2D eigenvalue weighted by atomic mass is 10.3. The highest BCUT2D eigenvalue weighted by atomic mass is 16.5. The van der Waals surface area contributed by atoms with E-state index >= 15 is 0 Å². The molecule has 0 saturated heterocycles. The van der Waals surface area contributed by atoms with Crippen LogP contribution in [0.5, 0.6) is 11.8 Å². The smallest absolute Gasteiger partial charge is 0.354 e. The Kier molecular flexibility index (Phi) is 2.37. The van der Waals surface area contributed by atoms with Crippen LogP contribution in [0.1, 0.15) is 10.5 Å². The molecule has 0 spiro atoms. The summed E-state index contributed by atoms with van der Waals surface area (Å²) in [6, 6.07) is 9.16. The van der Waals surface area contributed by atoms with Crippen molar-refractivity contribution in [3.05, 3.63) is 42.2 Å². The lowest BCUT2D eigenvalue weighted by Crippen LogP contribution is -1.95. The number of carbonyl (C=O) groups is 1. The van der Waals surface area contributed by atoms with Gasteiger partial charge in [0, 0.05) is 0 Å². The van der Waals surface area contributed by atoms with Crippen molar-refractivity contribution in [2.24, 2.45) is 0 Å². The van der Waals surface area contributed by atoms with Gasteiger partial charge in [-0.15, -0.1) is 0 Å². The molecule has 2 aromatic rings. The number of aromatic amines is 1. The maximum Gasteiger partial charge on any atom is 0.354 e. The molecule has 1 heterocycles. The number of hydrogen-bond donors (Lipinski definition) is 2. The van der Waals surface area contributed by atoms with Crippen LogP contribution in [-0.2, 0) is 0 Å². The summed E-state index contributed by atoms with van der Waals surface area (Å²) in [5, 5.41) is 8.64. The molecule has 0 aliphatic carbocycles. The quantitative estimate of drug-likeness (QED) is 0.800. The Bertz CT molecular complexity index is 465. The number of nitrogens with zero attached hydrogens (tertiary/aromatic N) is 1. The van der Waals surface area contributed by atoms with Gasteiger partial charge in [-0.25, -0.2) is 9.78 Å². The summed E-state index contributed by atoms with van der Waals surface area (Å²) in [5.41, 5.74) is 0.000862. The highest BCUT2D eigenvalue weighted by Gasteiger charge is 2.07. The Hall–Kier alpha value is -2.30. The van der Waals surface area contributed by atoms with Crippen molar-refractivity contribution >= 4 is 5.97 Å². The van der Waals surface area contributed by atoms with Gasteiger partial charge >= 0.3 is 5.97 Å². The number of para-hydroxylation sites is 1. The predicted octanol–water partition coefficient (Wildman–Crippen LogP) is 1.90. The second-order valence-electron chi connectivity index (χ2n) is 2.82. The fraction of sp³-hybridized carbons (Fsp3) is 0. The van der Waals surface area contributed by atoms with Gasteiger partial charge in [0.05, 0.1) is 6.20 Å². The van der Waals surface area contributed by atoms with Crippen molar-refractivity contribution in [1.82, 2.24) is 9.97 Å². The molecule has 5 heteroatoms. The number of imidazole rings is 1. The first kappa shape index (κ1) is 9.26. The van der Waals surface area contributed by atoms with Crippen LogP contribution in [-0.4, -0.2) is 21.0 Å². The molecule has 0 bridgehead atoms. The van der Waals surface area contributed by atoms with Crippen LogP contribution < -0.4 is 4.74 Å². The molecule has 0 saturated carbocycles. The largest absolute Gasteiger partial charge is 0.477 e. The fourth-order valence-electron chi connectivity index (χ4n) is 1.06. The van der Waals surface area contributed by atoms with E-state index in [1.165, 1.54) is 6.20 Å². The van der Waals surface area contributed by atoms with Crippen molar-refractivity contribution in [1.29, 1.82) is 0 Å². The minimum atomic E-state index is -1.06. The van der Waals surface area contributed by atoms with Crippen molar-refractivity contribution in [2.45, 2.75) is 0 Å². The second kappa shape index (κ2) is 3.83. The first-order valence-electron chi connectivity index (χ1n) is 4.27. The molecule has 0 atom stereocenters. The number of benzene rings is 1. The predicted molar refractivity (Wildman–Crippen MR) is 52.1 cm³/mol.